The van der Waals surface area contributed by atoms with Gasteiger partial charge >= 0.3 is 0 Å². The molecule has 122 valence electrons. The molecule has 7 heteroatoms. The van der Waals surface area contributed by atoms with Crippen LogP contribution in [0.3, 0.4) is 0 Å². The summed E-state index contributed by atoms with van der Waals surface area (Å²) in [5, 5.41) is 2.70. The number of likely N-dealkylation sites (tertiary alicyclic amines) is 1. The molecule has 0 aromatic rings. The van der Waals surface area contributed by atoms with Gasteiger partial charge in [-0.2, -0.15) is 0 Å². The van der Waals surface area contributed by atoms with Crippen molar-refractivity contribution < 1.29 is 14.4 Å². The van der Waals surface area contributed by atoms with Crippen molar-refractivity contribution in [2.75, 3.05) is 13.1 Å². The molecule has 1 aliphatic rings. The van der Waals surface area contributed by atoms with Gasteiger partial charge in [0.2, 0.25) is 17.7 Å². The van der Waals surface area contributed by atoms with E-state index in [0.29, 0.717) is 25.9 Å². The van der Waals surface area contributed by atoms with Crippen LogP contribution in [0.15, 0.2) is 0 Å². The van der Waals surface area contributed by atoms with Gasteiger partial charge in [0.1, 0.15) is 6.04 Å². The number of nitrogens with two attached hydrogens (primary N) is 1. The van der Waals surface area contributed by atoms with Gasteiger partial charge < -0.3 is 16.0 Å². The molecule has 3 amide bonds. The highest BCUT2D eigenvalue weighted by molar-refractivity contribution is 6.19. The van der Waals surface area contributed by atoms with E-state index in [-0.39, 0.29) is 35.9 Å². The van der Waals surface area contributed by atoms with Crippen LogP contribution < -0.4 is 11.1 Å². The minimum absolute atomic E-state index is 0.0112. The number of rotatable bonds is 8. The van der Waals surface area contributed by atoms with E-state index >= 15 is 0 Å². The molecule has 1 aliphatic heterocycles. The molecule has 0 spiro atoms. The summed E-state index contributed by atoms with van der Waals surface area (Å²) in [6.07, 6.45) is 1.05. The number of hydrogen-bond donors (Lipinski definition) is 2. The van der Waals surface area contributed by atoms with Crippen LogP contribution in [-0.2, 0) is 14.4 Å². The first-order valence-electron chi connectivity index (χ1n) is 7.83. The predicted octanol–water partition coefficient (Wildman–Crippen LogP) is 0.0740. The Morgan fingerprint density at radius 2 is 2.05 bits per heavy atom. The number of nitrogens with one attached hydrogen (secondary N) is 1. The Kier molecular flexibility index (Phi) is 6.90. The van der Waals surface area contributed by atoms with Gasteiger partial charge in [0.25, 0.3) is 0 Å². The molecule has 3 unspecified atom stereocenters. The molecule has 22 heavy (non-hydrogen) atoms. The lowest BCUT2D eigenvalue weighted by Gasteiger charge is -2.32. The fourth-order valence-electron chi connectivity index (χ4n) is 2.82. The summed E-state index contributed by atoms with van der Waals surface area (Å²) in [5.74, 6) is -0.292. The van der Waals surface area contributed by atoms with Gasteiger partial charge in [-0.15, -0.1) is 0 Å². The lowest BCUT2D eigenvalue weighted by molar-refractivity contribution is -0.138. The van der Waals surface area contributed by atoms with Gasteiger partial charge in [0.15, 0.2) is 0 Å². The van der Waals surface area contributed by atoms with Crippen molar-refractivity contribution >= 4 is 25.6 Å². The van der Waals surface area contributed by atoms with E-state index in [0.717, 1.165) is 0 Å². The number of carbonyl (C=O) groups excluding carboxylic acids is 3. The van der Waals surface area contributed by atoms with Crippen molar-refractivity contribution in [3.63, 3.8) is 0 Å². The molecule has 6 nitrogen and oxygen atoms in total. The number of amides is 3. The minimum Gasteiger partial charge on any atom is -0.368 e. The van der Waals surface area contributed by atoms with Crippen LogP contribution in [0.2, 0.25) is 6.32 Å². The Morgan fingerprint density at radius 3 is 2.55 bits per heavy atom. The third-order valence-corrected chi connectivity index (χ3v) is 4.48. The first kappa shape index (κ1) is 18.5. The largest absolute Gasteiger partial charge is 0.368 e. The maximum atomic E-state index is 12.2. The highest BCUT2D eigenvalue weighted by Crippen LogP contribution is 2.28. The maximum absolute atomic E-state index is 12.2. The molecule has 0 saturated carbocycles. The Hall–Kier alpha value is -1.53. The summed E-state index contributed by atoms with van der Waals surface area (Å²) in [6.45, 7) is 6.98. The molecule has 2 radical (unpaired) electrons. The SMILES string of the molecule is [B]CC(=O)NCCC1CC(=O)N(C(C(N)=O)C(C)C(C)C)C1. The normalized spacial score (nSPS) is 21.0. The lowest BCUT2D eigenvalue weighted by Crippen LogP contribution is -2.50. The van der Waals surface area contributed by atoms with Crippen LogP contribution in [0.4, 0.5) is 0 Å². The second kappa shape index (κ2) is 8.20. The van der Waals surface area contributed by atoms with Gasteiger partial charge in [-0.1, -0.05) is 20.8 Å². The summed E-state index contributed by atoms with van der Waals surface area (Å²) in [7, 11) is 5.22. The fraction of sp³-hybridized carbons (Fsp3) is 0.800. The lowest BCUT2D eigenvalue weighted by atomic mass is 9.89. The van der Waals surface area contributed by atoms with Crippen molar-refractivity contribution in [3.05, 3.63) is 0 Å². The molecule has 3 atom stereocenters. The van der Waals surface area contributed by atoms with Gasteiger partial charge in [0, 0.05) is 19.5 Å². The predicted molar refractivity (Wildman–Crippen MR) is 85.0 cm³/mol. The zero-order valence-electron chi connectivity index (χ0n) is 13.7. The van der Waals surface area contributed by atoms with Gasteiger partial charge in [0.05, 0.1) is 7.85 Å². The van der Waals surface area contributed by atoms with E-state index in [9.17, 15) is 14.4 Å². The molecule has 1 heterocycles. The third kappa shape index (κ3) is 4.75. The Morgan fingerprint density at radius 1 is 1.41 bits per heavy atom. The van der Waals surface area contributed by atoms with E-state index in [4.69, 9.17) is 13.6 Å². The molecular weight excluding hydrogens is 281 g/mol. The Labute approximate surface area is 133 Å². The zero-order chi connectivity index (χ0) is 16.9. The second-order valence-corrected chi connectivity index (χ2v) is 6.41. The molecule has 3 N–H and O–H groups in total. The third-order valence-electron chi connectivity index (χ3n) is 4.48. The summed E-state index contributed by atoms with van der Waals surface area (Å²) in [5.41, 5.74) is 5.52. The average molecular weight is 307 g/mol. The van der Waals surface area contributed by atoms with Crippen molar-refractivity contribution in [2.24, 2.45) is 23.5 Å². The number of carbonyl (C=O) groups is 3. The Bertz CT molecular complexity index is 428. The van der Waals surface area contributed by atoms with E-state index < -0.39 is 11.9 Å². The smallest absolute Gasteiger partial charge is 0.240 e. The van der Waals surface area contributed by atoms with E-state index in [2.05, 4.69) is 5.32 Å². The number of hydrogen-bond acceptors (Lipinski definition) is 3. The van der Waals surface area contributed by atoms with E-state index in [1.54, 1.807) is 4.90 Å². The summed E-state index contributed by atoms with van der Waals surface area (Å²) >= 11 is 0. The second-order valence-electron chi connectivity index (χ2n) is 6.41. The van der Waals surface area contributed by atoms with Crippen LogP contribution in [0.25, 0.3) is 0 Å². The van der Waals surface area contributed by atoms with E-state index in [1.165, 1.54) is 0 Å². The fourth-order valence-corrected chi connectivity index (χ4v) is 2.82. The first-order valence-corrected chi connectivity index (χ1v) is 7.83. The van der Waals surface area contributed by atoms with Crippen LogP contribution >= 0.6 is 0 Å². The monoisotopic (exact) mass is 307 g/mol. The molecule has 1 rings (SSSR count). The zero-order valence-corrected chi connectivity index (χ0v) is 13.7. The van der Waals surface area contributed by atoms with Crippen LogP contribution in [0, 0.1) is 17.8 Å². The quantitative estimate of drug-likeness (QED) is 0.622. The topological polar surface area (TPSA) is 92.5 Å². The van der Waals surface area contributed by atoms with Gasteiger partial charge in [-0.3, -0.25) is 14.4 Å². The van der Waals surface area contributed by atoms with Gasteiger partial charge in [-0.05, 0) is 30.5 Å². The molecule has 1 saturated heterocycles. The maximum Gasteiger partial charge on any atom is 0.240 e. The summed E-state index contributed by atoms with van der Waals surface area (Å²) < 4.78 is 0. The number of primary amides is 1. The molecule has 0 aromatic heterocycles. The van der Waals surface area contributed by atoms with Crippen molar-refractivity contribution in [2.45, 2.75) is 46.0 Å². The van der Waals surface area contributed by atoms with Crippen molar-refractivity contribution in [1.82, 2.24) is 10.2 Å². The highest BCUT2D eigenvalue weighted by atomic mass is 16.2. The van der Waals surface area contributed by atoms with Crippen molar-refractivity contribution in [3.8, 4) is 0 Å². The highest BCUT2D eigenvalue weighted by Gasteiger charge is 2.39. The van der Waals surface area contributed by atoms with Crippen LogP contribution in [0.1, 0.15) is 33.6 Å². The molecule has 0 aliphatic carbocycles. The first-order chi connectivity index (χ1) is 10.3. The minimum atomic E-state index is -0.559. The van der Waals surface area contributed by atoms with Gasteiger partial charge in [-0.25, -0.2) is 0 Å². The molecule has 0 bridgehead atoms. The van der Waals surface area contributed by atoms with Crippen LogP contribution in [-0.4, -0.2) is 49.6 Å². The van der Waals surface area contributed by atoms with E-state index in [1.807, 2.05) is 20.8 Å². The van der Waals surface area contributed by atoms with Crippen molar-refractivity contribution in [1.29, 1.82) is 0 Å². The average Bonchev–Trinajstić information content (AvgIpc) is 2.79. The number of nitrogens with zero attached hydrogens (tertiary/aromatic N) is 1. The summed E-state index contributed by atoms with van der Waals surface area (Å²) in [4.78, 5) is 36.7. The summed E-state index contributed by atoms with van der Waals surface area (Å²) in [6, 6.07) is -0.559. The Balaban J connectivity index is 2.62. The van der Waals surface area contributed by atoms with Crippen LogP contribution in [0.5, 0.6) is 0 Å². The standard InChI is InChI=1S/C15H26BN3O3/c1-9(2)10(3)14(15(17)22)19-8-11(6-13(19)21)4-5-18-12(20)7-16/h9-11,14H,4-8H2,1-3H3,(H2,17,22)(H,18,20). The molecule has 0 aromatic carbocycles. The molecule has 1 fully saturated rings. The molecular formula is C15H26BN3O3.